The zero-order valence-corrected chi connectivity index (χ0v) is 9.98. The van der Waals surface area contributed by atoms with Gasteiger partial charge in [-0.15, -0.1) is 0 Å². The molecule has 0 saturated carbocycles. The van der Waals surface area contributed by atoms with E-state index in [1.54, 1.807) is 11.8 Å². The number of aliphatic carboxylic acids is 1. The highest BCUT2D eigenvalue weighted by Crippen LogP contribution is 2.15. The zero-order valence-electron chi connectivity index (χ0n) is 9.98. The first-order chi connectivity index (χ1) is 7.54. The Labute approximate surface area is 96.0 Å². The monoisotopic (exact) mass is 228 g/mol. The summed E-state index contributed by atoms with van der Waals surface area (Å²) >= 11 is 0. The smallest absolute Gasteiger partial charge is 0.317 e. The molecule has 0 spiro atoms. The van der Waals surface area contributed by atoms with Crippen molar-refractivity contribution < 1.29 is 14.7 Å². The minimum Gasteiger partial charge on any atom is -0.480 e. The summed E-state index contributed by atoms with van der Waals surface area (Å²) in [6.45, 7) is 5.76. The standard InChI is InChI=1S/C11H20N2O3/c1-3-12(8-11(15)16)10-5-4-6-13(7-10)9(2)14/h10H,3-8H2,1-2H3,(H,15,16). The minimum atomic E-state index is -0.804. The summed E-state index contributed by atoms with van der Waals surface area (Å²) in [7, 11) is 0. The van der Waals surface area contributed by atoms with Crippen LogP contribution in [-0.4, -0.2) is 59.0 Å². The van der Waals surface area contributed by atoms with Crippen LogP contribution in [0.3, 0.4) is 0 Å². The van der Waals surface area contributed by atoms with Crippen molar-refractivity contribution in [2.45, 2.75) is 32.7 Å². The summed E-state index contributed by atoms with van der Waals surface area (Å²) in [5.41, 5.74) is 0. The van der Waals surface area contributed by atoms with Crippen molar-refractivity contribution in [3.05, 3.63) is 0 Å². The second kappa shape index (κ2) is 5.84. The molecule has 1 aliphatic heterocycles. The second-order valence-electron chi connectivity index (χ2n) is 4.22. The van der Waals surface area contributed by atoms with Crippen molar-refractivity contribution >= 4 is 11.9 Å². The average Bonchev–Trinajstić information content (AvgIpc) is 2.25. The first kappa shape index (κ1) is 13.0. The Kier molecular flexibility index (Phi) is 4.73. The third-order valence-corrected chi connectivity index (χ3v) is 3.10. The Balaban J connectivity index is 2.56. The fourth-order valence-electron chi connectivity index (χ4n) is 2.21. The molecule has 1 unspecified atom stereocenters. The number of nitrogens with zero attached hydrogens (tertiary/aromatic N) is 2. The maximum atomic E-state index is 11.3. The van der Waals surface area contributed by atoms with Crippen LogP contribution in [-0.2, 0) is 9.59 Å². The lowest BCUT2D eigenvalue weighted by atomic mass is 10.0. The van der Waals surface area contributed by atoms with Crippen LogP contribution in [0.4, 0.5) is 0 Å². The molecule has 1 atom stereocenters. The first-order valence-electron chi connectivity index (χ1n) is 5.76. The van der Waals surface area contributed by atoms with E-state index in [0.29, 0.717) is 13.1 Å². The molecule has 1 N–H and O–H groups in total. The van der Waals surface area contributed by atoms with E-state index < -0.39 is 5.97 Å². The van der Waals surface area contributed by atoms with Gasteiger partial charge in [-0.25, -0.2) is 0 Å². The second-order valence-corrected chi connectivity index (χ2v) is 4.22. The van der Waals surface area contributed by atoms with E-state index in [2.05, 4.69) is 0 Å². The van der Waals surface area contributed by atoms with Crippen molar-refractivity contribution in [1.29, 1.82) is 0 Å². The fourth-order valence-corrected chi connectivity index (χ4v) is 2.21. The number of piperidine rings is 1. The van der Waals surface area contributed by atoms with Gasteiger partial charge in [-0.2, -0.15) is 0 Å². The highest BCUT2D eigenvalue weighted by Gasteiger charge is 2.26. The fraction of sp³-hybridized carbons (Fsp3) is 0.818. The molecule has 0 aliphatic carbocycles. The van der Waals surface area contributed by atoms with E-state index in [0.717, 1.165) is 19.4 Å². The zero-order chi connectivity index (χ0) is 12.1. The molecule has 5 nitrogen and oxygen atoms in total. The van der Waals surface area contributed by atoms with Gasteiger partial charge >= 0.3 is 5.97 Å². The number of amides is 1. The van der Waals surface area contributed by atoms with Crippen LogP contribution in [0, 0.1) is 0 Å². The number of hydrogen-bond acceptors (Lipinski definition) is 3. The minimum absolute atomic E-state index is 0.0624. The predicted molar refractivity (Wildman–Crippen MR) is 60.2 cm³/mol. The van der Waals surface area contributed by atoms with Crippen molar-refractivity contribution in [2.24, 2.45) is 0 Å². The van der Waals surface area contributed by atoms with Crippen LogP contribution in [0.15, 0.2) is 0 Å². The lowest BCUT2D eigenvalue weighted by Crippen LogP contribution is -2.50. The van der Waals surface area contributed by atoms with Crippen molar-refractivity contribution in [3.63, 3.8) is 0 Å². The molecule has 0 aromatic carbocycles. The summed E-state index contributed by atoms with van der Waals surface area (Å²) in [5, 5.41) is 8.80. The average molecular weight is 228 g/mol. The molecule has 1 fully saturated rings. The van der Waals surface area contributed by atoms with E-state index >= 15 is 0 Å². The summed E-state index contributed by atoms with van der Waals surface area (Å²) in [6, 6.07) is 0.193. The normalized spacial score (nSPS) is 21.2. The first-order valence-corrected chi connectivity index (χ1v) is 5.76. The lowest BCUT2D eigenvalue weighted by molar-refractivity contribution is -0.139. The van der Waals surface area contributed by atoms with Crippen LogP contribution in [0.1, 0.15) is 26.7 Å². The Morgan fingerprint density at radius 1 is 1.50 bits per heavy atom. The van der Waals surface area contributed by atoms with E-state index in [9.17, 15) is 9.59 Å². The van der Waals surface area contributed by atoms with Crippen LogP contribution >= 0.6 is 0 Å². The summed E-state index contributed by atoms with van der Waals surface area (Å²) in [5.74, 6) is -0.724. The van der Waals surface area contributed by atoms with Crippen LogP contribution in [0.5, 0.6) is 0 Å². The Morgan fingerprint density at radius 2 is 2.19 bits per heavy atom. The molecule has 0 aromatic heterocycles. The number of carboxylic acid groups (broad SMARTS) is 1. The van der Waals surface area contributed by atoms with E-state index in [1.807, 2.05) is 11.8 Å². The molecule has 0 aromatic rings. The Bertz CT molecular complexity index is 268. The third-order valence-electron chi connectivity index (χ3n) is 3.10. The maximum absolute atomic E-state index is 11.3. The highest BCUT2D eigenvalue weighted by molar-refractivity contribution is 5.73. The van der Waals surface area contributed by atoms with Gasteiger partial charge in [0.05, 0.1) is 6.54 Å². The predicted octanol–water partition coefficient (Wildman–Crippen LogP) is 0.404. The number of rotatable bonds is 4. The highest BCUT2D eigenvalue weighted by atomic mass is 16.4. The maximum Gasteiger partial charge on any atom is 0.317 e. The van der Waals surface area contributed by atoms with Gasteiger partial charge in [-0.1, -0.05) is 6.92 Å². The molecule has 1 saturated heterocycles. The molecule has 1 aliphatic rings. The number of carboxylic acids is 1. The molecule has 1 heterocycles. The number of carbonyl (C=O) groups is 2. The quantitative estimate of drug-likeness (QED) is 0.757. The lowest BCUT2D eigenvalue weighted by Gasteiger charge is -2.37. The number of carbonyl (C=O) groups excluding carboxylic acids is 1. The van der Waals surface area contributed by atoms with E-state index in [-0.39, 0.29) is 18.5 Å². The Morgan fingerprint density at radius 3 is 2.69 bits per heavy atom. The molecular formula is C11H20N2O3. The Hall–Kier alpha value is -1.10. The summed E-state index contributed by atoms with van der Waals surface area (Å²) in [6.07, 6.45) is 1.94. The van der Waals surface area contributed by atoms with Gasteiger partial charge in [-0.3, -0.25) is 14.5 Å². The third kappa shape index (κ3) is 3.48. The molecule has 0 radical (unpaired) electrons. The van der Waals surface area contributed by atoms with Gasteiger partial charge in [0.15, 0.2) is 0 Å². The molecule has 0 bridgehead atoms. The molecule has 16 heavy (non-hydrogen) atoms. The van der Waals surface area contributed by atoms with Crippen LogP contribution in [0.2, 0.25) is 0 Å². The van der Waals surface area contributed by atoms with Gasteiger partial charge < -0.3 is 10.0 Å². The van der Waals surface area contributed by atoms with E-state index in [4.69, 9.17) is 5.11 Å². The van der Waals surface area contributed by atoms with Crippen molar-refractivity contribution in [2.75, 3.05) is 26.2 Å². The number of hydrogen-bond donors (Lipinski definition) is 1. The molecule has 5 heteroatoms. The summed E-state index contributed by atoms with van der Waals surface area (Å²) in [4.78, 5) is 25.7. The molecular weight excluding hydrogens is 208 g/mol. The van der Waals surface area contributed by atoms with Gasteiger partial charge in [0.25, 0.3) is 0 Å². The van der Waals surface area contributed by atoms with E-state index in [1.165, 1.54) is 0 Å². The van der Waals surface area contributed by atoms with Gasteiger partial charge in [-0.05, 0) is 19.4 Å². The summed E-state index contributed by atoms with van der Waals surface area (Å²) < 4.78 is 0. The topological polar surface area (TPSA) is 60.9 Å². The van der Waals surface area contributed by atoms with Crippen LogP contribution in [0.25, 0.3) is 0 Å². The van der Waals surface area contributed by atoms with Gasteiger partial charge in [0, 0.05) is 26.1 Å². The molecule has 1 rings (SSSR count). The molecule has 1 amide bonds. The van der Waals surface area contributed by atoms with Crippen molar-refractivity contribution in [1.82, 2.24) is 9.80 Å². The number of likely N-dealkylation sites (tertiary alicyclic amines) is 1. The van der Waals surface area contributed by atoms with Gasteiger partial charge in [0.1, 0.15) is 0 Å². The molecule has 92 valence electrons. The SMILES string of the molecule is CCN(CC(=O)O)C1CCCN(C(C)=O)C1. The van der Waals surface area contributed by atoms with Crippen LogP contribution < -0.4 is 0 Å². The largest absolute Gasteiger partial charge is 0.480 e. The van der Waals surface area contributed by atoms with Crippen molar-refractivity contribution in [3.8, 4) is 0 Å². The van der Waals surface area contributed by atoms with Gasteiger partial charge in [0.2, 0.25) is 5.91 Å². The number of likely N-dealkylation sites (N-methyl/N-ethyl adjacent to an activating group) is 1.